The highest BCUT2D eigenvalue weighted by Gasteiger charge is 2.17. The molecule has 214 valence electrons. The minimum absolute atomic E-state index is 0.0981. The number of phenolic OH excluding ortho intramolecular Hbond substituents is 2. The van der Waals surface area contributed by atoms with Crippen molar-refractivity contribution in [3.63, 3.8) is 0 Å². The van der Waals surface area contributed by atoms with Crippen LogP contribution >= 0.6 is 21.6 Å². The molecular formula is C32H26O8S2. The molecule has 0 bridgehead atoms. The molecule has 0 amide bonds. The van der Waals surface area contributed by atoms with Gasteiger partial charge in [0.05, 0.1) is 24.0 Å². The van der Waals surface area contributed by atoms with Gasteiger partial charge in [-0.2, -0.15) is 0 Å². The van der Waals surface area contributed by atoms with Crippen molar-refractivity contribution in [3.05, 3.63) is 119 Å². The van der Waals surface area contributed by atoms with Crippen LogP contribution in [0.15, 0.2) is 97.1 Å². The van der Waals surface area contributed by atoms with Gasteiger partial charge in [-0.05, 0) is 24.3 Å². The first-order chi connectivity index (χ1) is 20.3. The standard InChI is InChI=1S/C32H26O8S2/c33-27-19-23(11-13-25(27)31(37)21-7-3-1-4-8-21)39-29(35)15-17-41-42-18-16-30(36)40-24-12-14-26(28(34)20-24)32(38)22-9-5-2-6-10-22/h1-14,19-20,33-34H,15-18H2. The lowest BCUT2D eigenvalue weighted by Crippen LogP contribution is -2.10. The lowest BCUT2D eigenvalue weighted by Gasteiger charge is -2.08. The Morgan fingerprint density at radius 3 is 1.29 bits per heavy atom. The molecule has 10 heteroatoms. The smallest absolute Gasteiger partial charge is 0.312 e. The highest BCUT2D eigenvalue weighted by atomic mass is 33.1. The summed E-state index contributed by atoms with van der Waals surface area (Å²) in [5.74, 6) is -1.12. The molecule has 4 aromatic rings. The van der Waals surface area contributed by atoms with E-state index in [4.69, 9.17) is 9.47 Å². The van der Waals surface area contributed by atoms with E-state index in [1.165, 1.54) is 58.0 Å². The van der Waals surface area contributed by atoms with Gasteiger partial charge in [-0.15, -0.1) is 0 Å². The Balaban J connectivity index is 1.14. The number of carbonyl (C=O) groups excluding carboxylic acids is 4. The first-order valence-electron chi connectivity index (χ1n) is 12.8. The average Bonchev–Trinajstić information content (AvgIpc) is 2.99. The summed E-state index contributed by atoms with van der Waals surface area (Å²) < 4.78 is 10.5. The van der Waals surface area contributed by atoms with Gasteiger partial charge in [0.1, 0.15) is 23.0 Å². The van der Waals surface area contributed by atoms with E-state index in [0.717, 1.165) is 0 Å². The minimum atomic E-state index is -0.502. The van der Waals surface area contributed by atoms with Crippen molar-refractivity contribution >= 4 is 45.1 Å². The second-order valence-corrected chi connectivity index (χ2v) is 11.5. The molecule has 0 spiro atoms. The third-order valence-electron chi connectivity index (χ3n) is 5.83. The van der Waals surface area contributed by atoms with Gasteiger partial charge in [0.15, 0.2) is 11.6 Å². The maximum absolute atomic E-state index is 12.5. The third-order valence-corrected chi connectivity index (χ3v) is 8.23. The zero-order valence-electron chi connectivity index (χ0n) is 22.2. The number of phenols is 2. The maximum atomic E-state index is 12.5. The van der Waals surface area contributed by atoms with Crippen LogP contribution in [0.3, 0.4) is 0 Å². The van der Waals surface area contributed by atoms with Crippen LogP contribution in [-0.2, 0) is 9.59 Å². The molecular weight excluding hydrogens is 576 g/mol. The summed E-state index contributed by atoms with van der Waals surface area (Å²) in [6, 6.07) is 25.3. The van der Waals surface area contributed by atoms with E-state index in [9.17, 15) is 29.4 Å². The van der Waals surface area contributed by atoms with Crippen molar-refractivity contribution in [2.45, 2.75) is 12.8 Å². The lowest BCUT2D eigenvalue weighted by molar-refractivity contribution is -0.134. The van der Waals surface area contributed by atoms with Crippen molar-refractivity contribution < 1.29 is 38.9 Å². The summed E-state index contributed by atoms with van der Waals surface area (Å²) in [5.41, 5.74) is 1.09. The Bertz CT molecular complexity index is 1450. The van der Waals surface area contributed by atoms with Crippen molar-refractivity contribution in [3.8, 4) is 23.0 Å². The van der Waals surface area contributed by atoms with Crippen molar-refractivity contribution in [1.82, 2.24) is 0 Å². The minimum Gasteiger partial charge on any atom is -0.507 e. The van der Waals surface area contributed by atoms with Crippen molar-refractivity contribution in [2.75, 3.05) is 11.5 Å². The van der Waals surface area contributed by atoms with E-state index in [2.05, 4.69) is 0 Å². The Hall–Kier alpha value is -4.54. The van der Waals surface area contributed by atoms with E-state index < -0.39 is 11.9 Å². The Kier molecular flexibility index (Phi) is 10.8. The molecule has 0 aliphatic rings. The van der Waals surface area contributed by atoms with E-state index in [0.29, 0.717) is 22.6 Å². The molecule has 4 aromatic carbocycles. The molecule has 0 saturated heterocycles. The predicted molar refractivity (Wildman–Crippen MR) is 161 cm³/mol. The summed E-state index contributed by atoms with van der Waals surface area (Å²) in [6.07, 6.45) is 0.196. The van der Waals surface area contributed by atoms with Crippen LogP contribution < -0.4 is 9.47 Å². The zero-order valence-corrected chi connectivity index (χ0v) is 23.9. The molecule has 2 N–H and O–H groups in total. The molecule has 0 aromatic heterocycles. The fourth-order valence-electron chi connectivity index (χ4n) is 3.76. The number of hydrogen-bond acceptors (Lipinski definition) is 10. The first kappa shape index (κ1) is 30.4. The van der Waals surface area contributed by atoms with Crippen LogP contribution in [0.5, 0.6) is 23.0 Å². The Labute approximate surface area is 250 Å². The van der Waals surface area contributed by atoms with Gasteiger partial charge in [0.2, 0.25) is 0 Å². The summed E-state index contributed by atoms with van der Waals surface area (Å²) >= 11 is 0. The summed E-state index contributed by atoms with van der Waals surface area (Å²) in [5, 5.41) is 20.5. The number of rotatable bonds is 13. The summed E-state index contributed by atoms with van der Waals surface area (Å²) in [7, 11) is 2.78. The predicted octanol–water partition coefficient (Wildman–Crippen LogP) is 6.23. The molecule has 0 fully saturated rings. The van der Waals surface area contributed by atoms with Gasteiger partial charge in [-0.3, -0.25) is 19.2 Å². The van der Waals surface area contributed by atoms with E-state index in [1.54, 1.807) is 60.7 Å². The fraction of sp³-hybridized carbons (Fsp3) is 0.125. The number of hydrogen-bond donors (Lipinski definition) is 2. The highest BCUT2D eigenvalue weighted by molar-refractivity contribution is 8.76. The second-order valence-electron chi connectivity index (χ2n) is 8.84. The fourth-order valence-corrected chi connectivity index (χ4v) is 5.70. The van der Waals surface area contributed by atoms with Crippen molar-refractivity contribution in [1.29, 1.82) is 0 Å². The number of aromatic hydroxyl groups is 2. The molecule has 0 unspecified atom stereocenters. The number of ketones is 2. The SMILES string of the molecule is O=C(CCSSCCC(=O)Oc1ccc(C(=O)c2ccccc2)c(O)c1)Oc1ccc(C(=O)c2ccccc2)c(O)c1. The number of ether oxygens (including phenoxy) is 2. The quantitative estimate of drug-likeness (QED) is 0.0597. The van der Waals surface area contributed by atoms with Gasteiger partial charge in [0.25, 0.3) is 0 Å². The molecule has 0 saturated carbocycles. The zero-order chi connectivity index (χ0) is 29.9. The molecule has 0 atom stereocenters. The van der Waals surface area contributed by atoms with Crippen LogP contribution in [0.2, 0.25) is 0 Å². The number of carbonyl (C=O) groups is 4. The first-order valence-corrected chi connectivity index (χ1v) is 15.3. The lowest BCUT2D eigenvalue weighted by atomic mass is 10.0. The van der Waals surface area contributed by atoms with Crippen LogP contribution in [-0.4, -0.2) is 45.2 Å². The maximum Gasteiger partial charge on any atom is 0.312 e. The molecule has 0 heterocycles. The van der Waals surface area contributed by atoms with Gasteiger partial charge in [-0.1, -0.05) is 82.3 Å². The second kappa shape index (κ2) is 14.9. The monoisotopic (exact) mass is 602 g/mol. The van der Waals surface area contributed by atoms with Crippen LogP contribution in [0, 0.1) is 0 Å². The van der Waals surface area contributed by atoms with E-state index in [1.807, 2.05) is 0 Å². The van der Waals surface area contributed by atoms with Gasteiger partial charge in [0, 0.05) is 34.8 Å². The summed E-state index contributed by atoms with van der Waals surface area (Å²) in [6.45, 7) is 0. The third kappa shape index (κ3) is 8.48. The van der Waals surface area contributed by atoms with Gasteiger partial charge < -0.3 is 19.7 Å². The highest BCUT2D eigenvalue weighted by Crippen LogP contribution is 2.29. The van der Waals surface area contributed by atoms with E-state index in [-0.39, 0.29) is 58.5 Å². The van der Waals surface area contributed by atoms with Gasteiger partial charge in [-0.25, -0.2) is 0 Å². The Morgan fingerprint density at radius 2 is 0.929 bits per heavy atom. The number of benzene rings is 4. The molecule has 0 aliphatic heterocycles. The van der Waals surface area contributed by atoms with Gasteiger partial charge >= 0.3 is 11.9 Å². The van der Waals surface area contributed by atoms with Crippen LogP contribution in [0.1, 0.15) is 44.7 Å². The molecule has 4 rings (SSSR count). The van der Waals surface area contributed by atoms with Crippen LogP contribution in [0.4, 0.5) is 0 Å². The average molecular weight is 603 g/mol. The van der Waals surface area contributed by atoms with Crippen LogP contribution in [0.25, 0.3) is 0 Å². The topological polar surface area (TPSA) is 127 Å². The summed E-state index contributed by atoms with van der Waals surface area (Å²) in [4.78, 5) is 49.4. The normalized spacial score (nSPS) is 10.6. The molecule has 42 heavy (non-hydrogen) atoms. The Morgan fingerprint density at radius 1 is 0.548 bits per heavy atom. The van der Waals surface area contributed by atoms with Crippen molar-refractivity contribution in [2.24, 2.45) is 0 Å². The molecule has 8 nitrogen and oxygen atoms in total. The molecule has 0 aliphatic carbocycles. The van der Waals surface area contributed by atoms with E-state index >= 15 is 0 Å². The largest absolute Gasteiger partial charge is 0.507 e. The number of esters is 2. The molecule has 0 radical (unpaired) electrons.